The third-order valence-electron chi connectivity index (χ3n) is 4.45. The molecule has 6 nitrogen and oxygen atoms in total. The molecule has 0 radical (unpaired) electrons. The van der Waals surface area contributed by atoms with Gasteiger partial charge in [0.15, 0.2) is 5.82 Å². The van der Waals surface area contributed by atoms with Crippen LogP contribution in [0.4, 0.5) is 0 Å². The lowest BCUT2D eigenvalue weighted by atomic mass is 10.1. The highest BCUT2D eigenvalue weighted by molar-refractivity contribution is 7.93. The molecule has 2 heterocycles. The summed E-state index contributed by atoms with van der Waals surface area (Å²) in [6, 6.07) is 10.4. The maximum Gasteiger partial charge on any atom is 0.223 e. The van der Waals surface area contributed by atoms with Crippen LogP contribution < -0.4 is 0 Å². The van der Waals surface area contributed by atoms with Crippen LogP contribution in [0.5, 0.6) is 5.88 Å². The first-order valence-corrected chi connectivity index (χ1v) is 10.2. The SMILES string of the molecule is Cc1nn(-c2ccc(S(=N)(=O)C3CC3)cn2)c(O)c1-c1ccc(Cl)cc1. The molecule has 1 saturated carbocycles. The summed E-state index contributed by atoms with van der Waals surface area (Å²) in [5.41, 5.74) is 2.06. The summed E-state index contributed by atoms with van der Waals surface area (Å²) < 4.78 is 21.9. The topological polar surface area (TPSA) is 91.9 Å². The molecule has 1 aromatic carbocycles. The largest absolute Gasteiger partial charge is 0.493 e. The van der Waals surface area contributed by atoms with Crippen LogP contribution in [0.15, 0.2) is 47.5 Å². The van der Waals surface area contributed by atoms with E-state index < -0.39 is 9.73 Å². The number of benzene rings is 1. The molecule has 0 bridgehead atoms. The van der Waals surface area contributed by atoms with E-state index in [2.05, 4.69) is 10.1 Å². The molecule has 1 atom stereocenters. The van der Waals surface area contributed by atoms with Gasteiger partial charge in [0.25, 0.3) is 0 Å². The van der Waals surface area contributed by atoms with Crippen LogP contribution >= 0.6 is 11.6 Å². The number of hydrogen-bond acceptors (Lipinski definition) is 5. The molecule has 134 valence electrons. The van der Waals surface area contributed by atoms with Crippen molar-refractivity contribution < 1.29 is 9.32 Å². The Bertz CT molecular complexity index is 1070. The molecule has 1 aliphatic rings. The molecule has 2 aromatic heterocycles. The number of nitrogens with one attached hydrogen (secondary N) is 1. The van der Waals surface area contributed by atoms with E-state index in [1.54, 1.807) is 31.2 Å². The van der Waals surface area contributed by atoms with Crippen molar-refractivity contribution in [2.24, 2.45) is 0 Å². The van der Waals surface area contributed by atoms with E-state index >= 15 is 0 Å². The number of aromatic nitrogens is 3. The smallest absolute Gasteiger partial charge is 0.223 e. The minimum Gasteiger partial charge on any atom is -0.493 e. The fourth-order valence-corrected chi connectivity index (χ4v) is 4.69. The number of pyridine rings is 1. The van der Waals surface area contributed by atoms with Crippen molar-refractivity contribution in [2.45, 2.75) is 29.9 Å². The molecule has 1 fully saturated rings. The van der Waals surface area contributed by atoms with Crippen molar-refractivity contribution in [1.29, 1.82) is 4.78 Å². The van der Waals surface area contributed by atoms with Crippen LogP contribution in [-0.4, -0.2) is 29.3 Å². The zero-order valence-electron chi connectivity index (χ0n) is 14.0. The Hall–Kier alpha value is -2.38. The fourth-order valence-electron chi connectivity index (χ4n) is 2.90. The fraction of sp³-hybridized carbons (Fsp3) is 0.222. The van der Waals surface area contributed by atoms with Crippen molar-refractivity contribution in [3.63, 3.8) is 0 Å². The van der Waals surface area contributed by atoms with Gasteiger partial charge in [0, 0.05) is 16.5 Å². The average Bonchev–Trinajstić information content (AvgIpc) is 3.43. The molecule has 0 saturated heterocycles. The van der Waals surface area contributed by atoms with Crippen molar-refractivity contribution >= 4 is 21.3 Å². The summed E-state index contributed by atoms with van der Waals surface area (Å²) in [6.07, 6.45) is 3.10. The molecule has 8 heteroatoms. The van der Waals surface area contributed by atoms with Gasteiger partial charge in [0.1, 0.15) is 0 Å². The van der Waals surface area contributed by atoms with Gasteiger partial charge < -0.3 is 5.11 Å². The van der Waals surface area contributed by atoms with Crippen LogP contribution in [0.3, 0.4) is 0 Å². The van der Waals surface area contributed by atoms with E-state index in [0.717, 1.165) is 18.4 Å². The lowest BCUT2D eigenvalue weighted by molar-refractivity contribution is 0.433. The minimum atomic E-state index is -2.79. The Balaban J connectivity index is 1.73. The summed E-state index contributed by atoms with van der Waals surface area (Å²) in [5, 5.41) is 15.6. The summed E-state index contributed by atoms with van der Waals surface area (Å²) >= 11 is 5.93. The van der Waals surface area contributed by atoms with Crippen LogP contribution in [0.1, 0.15) is 18.5 Å². The first-order chi connectivity index (χ1) is 12.4. The second-order valence-electron chi connectivity index (χ2n) is 6.35. The van der Waals surface area contributed by atoms with Gasteiger partial charge in [-0.05, 0) is 49.6 Å². The zero-order valence-corrected chi connectivity index (χ0v) is 15.6. The maximum atomic E-state index is 12.5. The highest BCUT2D eigenvalue weighted by Gasteiger charge is 2.34. The van der Waals surface area contributed by atoms with Gasteiger partial charge in [-0.3, -0.25) is 0 Å². The highest BCUT2D eigenvalue weighted by Crippen LogP contribution is 2.36. The number of rotatable bonds is 4. The van der Waals surface area contributed by atoms with E-state index in [1.165, 1.54) is 10.9 Å². The second-order valence-corrected chi connectivity index (χ2v) is 9.13. The number of aryl methyl sites for hydroxylation is 1. The van der Waals surface area contributed by atoms with Gasteiger partial charge in [-0.15, -0.1) is 0 Å². The molecular weight excluding hydrogens is 372 g/mol. The molecule has 4 rings (SSSR count). The summed E-state index contributed by atoms with van der Waals surface area (Å²) in [4.78, 5) is 4.69. The highest BCUT2D eigenvalue weighted by atomic mass is 35.5. The van der Waals surface area contributed by atoms with Gasteiger partial charge >= 0.3 is 0 Å². The summed E-state index contributed by atoms with van der Waals surface area (Å²) in [7, 11) is -2.79. The summed E-state index contributed by atoms with van der Waals surface area (Å²) in [5.74, 6) is 0.374. The van der Waals surface area contributed by atoms with Gasteiger partial charge in [0.2, 0.25) is 5.88 Å². The molecule has 0 amide bonds. The van der Waals surface area contributed by atoms with Crippen LogP contribution in [-0.2, 0) is 9.73 Å². The maximum absolute atomic E-state index is 12.5. The van der Waals surface area contributed by atoms with Gasteiger partial charge in [-0.25, -0.2) is 14.0 Å². The van der Waals surface area contributed by atoms with Gasteiger partial charge in [0.05, 0.1) is 25.9 Å². The van der Waals surface area contributed by atoms with Crippen LogP contribution in [0.2, 0.25) is 5.02 Å². The number of nitrogens with zero attached hydrogens (tertiary/aromatic N) is 3. The van der Waals surface area contributed by atoms with Crippen molar-refractivity contribution in [3.05, 3.63) is 53.3 Å². The predicted octanol–water partition coefficient (Wildman–Crippen LogP) is 4.17. The van der Waals surface area contributed by atoms with Gasteiger partial charge in [-0.1, -0.05) is 23.7 Å². The number of halogens is 1. The molecule has 3 aromatic rings. The van der Waals surface area contributed by atoms with Crippen LogP contribution in [0, 0.1) is 11.7 Å². The third-order valence-corrected chi connectivity index (χ3v) is 7.05. The van der Waals surface area contributed by atoms with E-state index in [0.29, 0.717) is 27.0 Å². The molecule has 0 spiro atoms. The van der Waals surface area contributed by atoms with E-state index in [4.69, 9.17) is 16.4 Å². The van der Waals surface area contributed by atoms with E-state index in [-0.39, 0.29) is 11.1 Å². The normalized spacial score (nSPS) is 16.4. The quantitative estimate of drug-likeness (QED) is 0.701. The minimum absolute atomic E-state index is 0.0288. The van der Waals surface area contributed by atoms with Crippen molar-refractivity contribution in [2.75, 3.05) is 0 Å². The first kappa shape index (κ1) is 17.1. The molecule has 2 N–H and O–H groups in total. The van der Waals surface area contributed by atoms with Crippen LogP contribution in [0.25, 0.3) is 16.9 Å². The first-order valence-electron chi connectivity index (χ1n) is 8.16. The molecule has 1 unspecified atom stereocenters. The third kappa shape index (κ3) is 2.87. The Morgan fingerprint density at radius 1 is 1.23 bits per heavy atom. The lowest BCUT2D eigenvalue weighted by Crippen LogP contribution is -2.07. The van der Waals surface area contributed by atoms with Gasteiger partial charge in [-0.2, -0.15) is 9.78 Å². The van der Waals surface area contributed by atoms with E-state index in [1.807, 2.05) is 12.1 Å². The molecular formula is C18H17ClN4O2S. The Morgan fingerprint density at radius 3 is 2.50 bits per heavy atom. The monoisotopic (exact) mass is 388 g/mol. The summed E-state index contributed by atoms with van der Waals surface area (Å²) in [6.45, 7) is 1.80. The molecule has 1 aliphatic carbocycles. The Morgan fingerprint density at radius 2 is 1.92 bits per heavy atom. The Kier molecular flexibility index (Phi) is 4.00. The Labute approximate surface area is 156 Å². The number of aromatic hydroxyl groups is 1. The molecule has 26 heavy (non-hydrogen) atoms. The van der Waals surface area contributed by atoms with E-state index in [9.17, 15) is 9.32 Å². The lowest BCUT2D eigenvalue weighted by Gasteiger charge is -2.07. The van der Waals surface area contributed by atoms with Crippen molar-refractivity contribution in [3.8, 4) is 22.8 Å². The molecule has 0 aliphatic heterocycles. The van der Waals surface area contributed by atoms with Crippen molar-refractivity contribution in [1.82, 2.24) is 14.8 Å². The average molecular weight is 389 g/mol. The number of hydrogen-bond donors (Lipinski definition) is 2. The predicted molar refractivity (Wildman–Crippen MR) is 100 cm³/mol. The standard InChI is InChI=1S/C18H17ClN4O2S/c1-11-17(12-2-4-13(19)5-3-12)18(24)23(22-11)16-9-8-15(10-21-16)26(20,25)14-6-7-14/h2-5,8-10,14,20,24H,6-7H2,1H3. The zero-order chi connectivity index (χ0) is 18.5. The second kappa shape index (κ2) is 6.10.